The minimum atomic E-state index is 0.740. The summed E-state index contributed by atoms with van der Waals surface area (Å²) in [4.78, 5) is 5.28. The molecule has 4 heteroatoms. The maximum Gasteiger partial charge on any atom is 0.0352 e. The van der Waals surface area contributed by atoms with Gasteiger partial charge in [-0.15, -0.1) is 0 Å². The van der Waals surface area contributed by atoms with Crippen molar-refractivity contribution in [2.45, 2.75) is 17.8 Å². The van der Waals surface area contributed by atoms with Crippen molar-refractivity contribution in [2.24, 2.45) is 0 Å². The molecular weight excluding hydrogens is 266 g/mol. The van der Waals surface area contributed by atoms with Gasteiger partial charge in [-0.05, 0) is 11.8 Å². The van der Waals surface area contributed by atoms with E-state index in [1.54, 1.807) is 0 Å². The van der Waals surface area contributed by atoms with Gasteiger partial charge in [-0.2, -0.15) is 11.8 Å². The van der Waals surface area contributed by atoms with Gasteiger partial charge in [0.1, 0.15) is 0 Å². The Bertz CT molecular complexity index is 403. The van der Waals surface area contributed by atoms with Crippen LogP contribution in [0.3, 0.4) is 0 Å². The minimum Gasteiger partial charge on any atom is -0.314 e. The molecule has 0 amide bonds. The number of rotatable bonds is 4. The minimum absolute atomic E-state index is 0.740. The summed E-state index contributed by atoms with van der Waals surface area (Å²) in [6.45, 7) is 8.29. The van der Waals surface area contributed by atoms with Gasteiger partial charge < -0.3 is 5.32 Å². The molecule has 0 radical (unpaired) electrons. The van der Waals surface area contributed by atoms with Crippen molar-refractivity contribution in [1.29, 1.82) is 0 Å². The molecule has 1 aromatic carbocycles. The molecule has 0 spiro atoms. The van der Waals surface area contributed by atoms with Crippen LogP contribution in [0.15, 0.2) is 30.3 Å². The molecule has 2 fully saturated rings. The molecule has 3 nitrogen and oxygen atoms in total. The van der Waals surface area contributed by atoms with Crippen LogP contribution in [0.5, 0.6) is 0 Å². The van der Waals surface area contributed by atoms with E-state index in [1.807, 2.05) is 11.8 Å². The zero-order chi connectivity index (χ0) is 13.8. The smallest absolute Gasteiger partial charge is 0.0352 e. The summed E-state index contributed by atoms with van der Waals surface area (Å²) in [7, 11) is 0. The van der Waals surface area contributed by atoms with Crippen molar-refractivity contribution in [2.75, 3.05) is 45.5 Å². The van der Waals surface area contributed by atoms with Gasteiger partial charge in [-0.25, -0.2) is 0 Å². The average molecular weight is 291 g/mol. The third kappa shape index (κ3) is 3.37. The van der Waals surface area contributed by atoms with Gasteiger partial charge in [0.2, 0.25) is 0 Å². The van der Waals surface area contributed by atoms with Gasteiger partial charge in [0, 0.05) is 57.1 Å². The lowest BCUT2D eigenvalue weighted by Gasteiger charge is -2.39. The Morgan fingerprint density at radius 2 is 1.85 bits per heavy atom. The van der Waals surface area contributed by atoms with Crippen LogP contribution in [0.1, 0.15) is 5.56 Å². The van der Waals surface area contributed by atoms with E-state index < -0.39 is 0 Å². The first-order valence-electron chi connectivity index (χ1n) is 7.60. The quantitative estimate of drug-likeness (QED) is 0.906. The highest BCUT2D eigenvalue weighted by atomic mass is 32.2. The summed E-state index contributed by atoms with van der Waals surface area (Å²) < 4.78 is 0. The lowest BCUT2D eigenvalue weighted by molar-refractivity contribution is 0.0997. The molecule has 1 aromatic rings. The molecule has 2 aliphatic rings. The summed E-state index contributed by atoms with van der Waals surface area (Å²) in [6.07, 6.45) is 2.25. The van der Waals surface area contributed by atoms with Crippen LogP contribution in [0.4, 0.5) is 0 Å². The van der Waals surface area contributed by atoms with Gasteiger partial charge in [0.15, 0.2) is 0 Å². The van der Waals surface area contributed by atoms with E-state index in [4.69, 9.17) is 0 Å². The summed E-state index contributed by atoms with van der Waals surface area (Å²) in [5.41, 5.74) is 1.44. The lowest BCUT2D eigenvalue weighted by Crippen LogP contribution is -2.52. The zero-order valence-electron chi connectivity index (χ0n) is 12.3. The summed E-state index contributed by atoms with van der Waals surface area (Å²) in [6, 6.07) is 11.6. The topological polar surface area (TPSA) is 18.5 Å². The van der Waals surface area contributed by atoms with E-state index in [2.05, 4.69) is 51.7 Å². The monoisotopic (exact) mass is 291 g/mol. The molecule has 20 heavy (non-hydrogen) atoms. The summed E-state index contributed by atoms with van der Waals surface area (Å²) >= 11 is 2.02. The Morgan fingerprint density at radius 1 is 1.10 bits per heavy atom. The number of hydrogen-bond acceptors (Lipinski definition) is 4. The molecule has 2 aliphatic heterocycles. The van der Waals surface area contributed by atoms with E-state index in [1.165, 1.54) is 44.8 Å². The molecule has 0 bridgehead atoms. The molecule has 0 aromatic heterocycles. The number of benzene rings is 1. The fraction of sp³-hybridized carbons (Fsp3) is 0.625. The van der Waals surface area contributed by atoms with Crippen LogP contribution in [-0.2, 0) is 6.54 Å². The maximum atomic E-state index is 3.55. The molecule has 2 atom stereocenters. The van der Waals surface area contributed by atoms with Crippen LogP contribution in [0, 0.1) is 0 Å². The molecule has 3 rings (SSSR count). The molecular formula is C16H25N3S. The predicted molar refractivity (Wildman–Crippen MR) is 87.3 cm³/mol. The molecule has 2 heterocycles. The highest BCUT2D eigenvalue weighted by molar-refractivity contribution is 7.99. The van der Waals surface area contributed by atoms with Gasteiger partial charge in [0.25, 0.3) is 0 Å². The lowest BCUT2D eigenvalue weighted by atomic mass is 10.1. The molecule has 0 saturated carbocycles. The Kier molecular flexibility index (Phi) is 4.99. The predicted octanol–water partition coefficient (Wildman–Crippen LogP) is 1.51. The second-order valence-corrected chi connectivity index (χ2v) is 6.87. The third-order valence-corrected chi connectivity index (χ3v) is 5.64. The first kappa shape index (κ1) is 14.4. The molecule has 2 saturated heterocycles. The molecule has 110 valence electrons. The van der Waals surface area contributed by atoms with Gasteiger partial charge in [0.05, 0.1) is 0 Å². The summed E-state index contributed by atoms with van der Waals surface area (Å²) in [5, 5.41) is 4.32. The van der Waals surface area contributed by atoms with Crippen molar-refractivity contribution >= 4 is 11.8 Å². The Labute approximate surface area is 126 Å². The van der Waals surface area contributed by atoms with Crippen molar-refractivity contribution in [3.8, 4) is 0 Å². The van der Waals surface area contributed by atoms with Crippen LogP contribution in [-0.4, -0.2) is 66.6 Å². The van der Waals surface area contributed by atoms with Crippen molar-refractivity contribution in [1.82, 2.24) is 15.1 Å². The summed E-state index contributed by atoms with van der Waals surface area (Å²) in [5.74, 6) is 0. The number of nitrogens with one attached hydrogen (secondary N) is 1. The Hall–Kier alpha value is -0.550. The fourth-order valence-electron chi connectivity index (χ4n) is 3.34. The van der Waals surface area contributed by atoms with Gasteiger partial charge >= 0.3 is 0 Å². The normalized spacial score (nSPS) is 28.9. The third-order valence-electron chi connectivity index (χ3n) is 4.56. The first-order valence-corrected chi connectivity index (χ1v) is 8.89. The largest absolute Gasteiger partial charge is 0.314 e. The van der Waals surface area contributed by atoms with Crippen LogP contribution in [0.25, 0.3) is 0 Å². The highest BCUT2D eigenvalue weighted by Gasteiger charge is 2.32. The Balaban J connectivity index is 1.49. The van der Waals surface area contributed by atoms with Gasteiger partial charge in [-0.3, -0.25) is 9.80 Å². The van der Waals surface area contributed by atoms with Gasteiger partial charge in [-0.1, -0.05) is 30.3 Å². The highest BCUT2D eigenvalue weighted by Crippen LogP contribution is 2.21. The van der Waals surface area contributed by atoms with Crippen molar-refractivity contribution in [3.63, 3.8) is 0 Å². The molecule has 0 aliphatic carbocycles. The van der Waals surface area contributed by atoms with E-state index in [9.17, 15) is 0 Å². The second-order valence-electron chi connectivity index (χ2n) is 5.80. The van der Waals surface area contributed by atoms with Crippen molar-refractivity contribution < 1.29 is 0 Å². The van der Waals surface area contributed by atoms with E-state index in [0.717, 1.165) is 17.8 Å². The van der Waals surface area contributed by atoms with E-state index in [0.29, 0.717) is 0 Å². The standard InChI is InChI=1S/C16H25N3S/c1-20-16-12-17-11-15(16)19-9-7-18(8-10-19)13-14-5-3-2-4-6-14/h2-6,15-17H,7-13H2,1H3. The number of hydrogen-bond donors (Lipinski definition) is 1. The fourth-order valence-corrected chi connectivity index (χ4v) is 4.21. The number of nitrogens with zero attached hydrogens (tertiary/aromatic N) is 2. The van der Waals surface area contributed by atoms with Crippen molar-refractivity contribution in [3.05, 3.63) is 35.9 Å². The van der Waals surface area contributed by atoms with E-state index >= 15 is 0 Å². The zero-order valence-corrected chi connectivity index (χ0v) is 13.1. The first-order chi connectivity index (χ1) is 9.86. The van der Waals surface area contributed by atoms with Crippen LogP contribution in [0.2, 0.25) is 0 Å². The number of thioether (sulfide) groups is 1. The maximum absolute atomic E-state index is 3.55. The van der Waals surface area contributed by atoms with Crippen LogP contribution >= 0.6 is 11.8 Å². The molecule has 1 N–H and O–H groups in total. The van der Waals surface area contributed by atoms with E-state index in [-0.39, 0.29) is 0 Å². The SMILES string of the molecule is CSC1CNCC1N1CCN(Cc2ccccc2)CC1. The molecule has 2 unspecified atom stereocenters. The second kappa shape index (κ2) is 6.94. The average Bonchev–Trinajstić information content (AvgIpc) is 2.98. The number of piperazine rings is 1. The Morgan fingerprint density at radius 3 is 2.55 bits per heavy atom. The van der Waals surface area contributed by atoms with Crippen LogP contribution < -0.4 is 5.32 Å².